The molecule has 0 saturated heterocycles. The smallest absolute Gasteiger partial charge is 0.138 e. The van der Waals surface area contributed by atoms with Crippen molar-refractivity contribution in [2.75, 3.05) is 13.2 Å². The molecule has 1 aromatic carbocycles. The van der Waals surface area contributed by atoms with Crippen LogP contribution in [0.2, 0.25) is 10.0 Å². The fourth-order valence-corrected chi connectivity index (χ4v) is 3.01. The van der Waals surface area contributed by atoms with E-state index in [9.17, 15) is 5.11 Å². The van der Waals surface area contributed by atoms with Crippen LogP contribution in [-0.4, -0.2) is 24.4 Å². The molecule has 0 aliphatic carbocycles. The SMILES string of the molecule is CC(NCC(O)COc1ccc(Cl)cc1Cl)c1cccs1.Cl. The van der Waals surface area contributed by atoms with Gasteiger partial charge in [0.05, 0.1) is 5.02 Å². The molecule has 0 fully saturated rings. The Hall–Kier alpha value is -0.490. The summed E-state index contributed by atoms with van der Waals surface area (Å²) >= 11 is 13.5. The molecule has 2 unspecified atom stereocenters. The van der Waals surface area contributed by atoms with Gasteiger partial charge in [-0.1, -0.05) is 29.3 Å². The molecule has 1 aromatic heterocycles. The number of halogens is 3. The maximum Gasteiger partial charge on any atom is 0.138 e. The molecule has 2 rings (SSSR count). The van der Waals surface area contributed by atoms with Crippen molar-refractivity contribution < 1.29 is 9.84 Å². The van der Waals surface area contributed by atoms with Crippen LogP contribution in [0.3, 0.4) is 0 Å². The Bertz CT molecular complexity index is 566. The predicted octanol–water partition coefficient (Wildman–Crippen LogP) is 4.57. The van der Waals surface area contributed by atoms with Gasteiger partial charge in [-0.25, -0.2) is 0 Å². The van der Waals surface area contributed by atoms with Gasteiger partial charge in [-0.15, -0.1) is 23.7 Å². The van der Waals surface area contributed by atoms with Crippen molar-refractivity contribution in [2.24, 2.45) is 0 Å². The van der Waals surface area contributed by atoms with Gasteiger partial charge in [-0.05, 0) is 36.6 Å². The molecular formula is C15H18Cl3NO2S. The summed E-state index contributed by atoms with van der Waals surface area (Å²) in [5.41, 5.74) is 0. The zero-order valence-corrected chi connectivity index (χ0v) is 15.1. The van der Waals surface area contributed by atoms with Gasteiger partial charge in [0.1, 0.15) is 18.5 Å². The highest BCUT2D eigenvalue weighted by Crippen LogP contribution is 2.27. The molecule has 0 saturated carbocycles. The van der Waals surface area contributed by atoms with Crippen LogP contribution >= 0.6 is 46.9 Å². The minimum atomic E-state index is -0.612. The summed E-state index contributed by atoms with van der Waals surface area (Å²) in [5, 5.41) is 16.3. The zero-order chi connectivity index (χ0) is 15.2. The largest absolute Gasteiger partial charge is 0.489 e. The quantitative estimate of drug-likeness (QED) is 0.737. The van der Waals surface area contributed by atoms with Crippen molar-refractivity contribution >= 4 is 46.9 Å². The lowest BCUT2D eigenvalue weighted by molar-refractivity contribution is 0.104. The Labute approximate surface area is 150 Å². The molecule has 0 amide bonds. The molecule has 1 heterocycles. The normalized spacial score (nSPS) is 13.3. The number of thiophene rings is 1. The zero-order valence-electron chi connectivity index (χ0n) is 12.0. The molecule has 22 heavy (non-hydrogen) atoms. The fraction of sp³-hybridized carbons (Fsp3) is 0.333. The van der Waals surface area contributed by atoms with Crippen LogP contribution in [0.1, 0.15) is 17.8 Å². The van der Waals surface area contributed by atoms with Crippen LogP contribution in [0.25, 0.3) is 0 Å². The molecule has 2 atom stereocenters. The van der Waals surface area contributed by atoms with Gasteiger partial charge in [0.2, 0.25) is 0 Å². The summed E-state index contributed by atoms with van der Waals surface area (Å²) in [7, 11) is 0. The van der Waals surface area contributed by atoms with E-state index >= 15 is 0 Å². The van der Waals surface area contributed by atoms with Gasteiger partial charge in [0.15, 0.2) is 0 Å². The fourth-order valence-electron chi connectivity index (χ4n) is 1.79. The predicted molar refractivity (Wildman–Crippen MR) is 95.9 cm³/mol. The van der Waals surface area contributed by atoms with Crippen molar-refractivity contribution in [1.82, 2.24) is 5.32 Å². The molecule has 0 bridgehead atoms. The Morgan fingerprint density at radius 1 is 1.32 bits per heavy atom. The number of hydrogen-bond acceptors (Lipinski definition) is 4. The third-order valence-electron chi connectivity index (χ3n) is 2.95. The van der Waals surface area contributed by atoms with Crippen LogP contribution in [0.5, 0.6) is 5.75 Å². The van der Waals surface area contributed by atoms with E-state index in [1.54, 1.807) is 29.5 Å². The van der Waals surface area contributed by atoms with Crippen molar-refractivity contribution in [1.29, 1.82) is 0 Å². The summed E-state index contributed by atoms with van der Waals surface area (Å²) in [6.45, 7) is 2.69. The first-order chi connectivity index (χ1) is 10.1. The standard InChI is InChI=1S/C15H17Cl2NO2S.ClH/c1-10(15-3-2-6-21-15)18-8-12(19)9-20-14-5-4-11(16)7-13(14)17;/h2-7,10,12,18-19H,8-9H2,1H3;1H. The van der Waals surface area contributed by atoms with Crippen LogP contribution < -0.4 is 10.1 Å². The van der Waals surface area contributed by atoms with E-state index < -0.39 is 6.10 Å². The molecular weight excluding hydrogens is 365 g/mol. The second-order valence-electron chi connectivity index (χ2n) is 4.68. The van der Waals surface area contributed by atoms with Crippen LogP contribution in [0.15, 0.2) is 35.7 Å². The van der Waals surface area contributed by atoms with E-state index in [0.29, 0.717) is 22.3 Å². The molecule has 7 heteroatoms. The lowest BCUT2D eigenvalue weighted by Gasteiger charge is -2.17. The number of aliphatic hydroxyl groups is 1. The lowest BCUT2D eigenvalue weighted by atomic mass is 10.2. The monoisotopic (exact) mass is 381 g/mol. The first kappa shape index (κ1) is 19.6. The second kappa shape index (κ2) is 9.60. The summed E-state index contributed by atoms with van der Waals surface area (Å²) in [6.07, 6.45) is -0.612. The minimum absolute atomic E-state index is 0. The average molecular weight is 383 g/mol. The summed E-state index contributed by atoms with van der Waals surface area (Å²) in [5.74, 6) is 0.520. The molecule has 0 radical (unpaired) electrons. The van der Waals surface area contributed by atoms with Crippen molar-refractivity contribution in [3.8, 4) is 5.75 Å². The van der Waals surface area contributed by atoms with E-state index in [2.05, 4.69) is 18.3 Å². The van der Waals surface area contributed by atoms with E-state index in [4.69, 9.17) is 27.9 Å². The first-order valence-electron chi connectivity index (χ1n) is 6.59. The van der Waals surface area contributed by atoms with E-state index in [0.717, 1.165) is 0 Å². The van der Waals surface area contributed by atoms with Gasteiger partial charge < -0.3 is 15.2 Å². The highest BCUT2D eigenvalue weighted by molar-refractivity contribution is 7.10. The number of benzene rings is 1. The number of rotatable bonds is 7. The van der Waals surface area contributed by atoms with E-state index in [1.165, 1.54) is 4.88 Å². The number of hydrogen-bond donors (Lipinski definition) is 2. The van der Waals surface area contributed by atoms with Crippen molar-refractivity contribution in [2.45, 2.75) is 19.1 Å². The Kier molecular flexibility index (Phi) is 8.54. The molecule has 2 aromatic rings. The number of nitrogens with one attached hydrogen (secondary N) is 1. The van der Waals surface area contributed by atoms with Gasteiger partial charge in [0.25, 0.3) is 0 Å². The molecule has 3 nitrogen and oxygen atoms in total. The molecule has 0 spiro atoms. The van der Waals surface area contributed by atoms with E-state index in [1.807, 2.05) is 11.4 Å². The van der Waals surface area contributed by atoms with Gasteiger partial charge in [-0.3, -0.25) is 0 Å². The Morgan fingerprint density at radius 3 is 2.73 bits per heavy atom. The van der Waals surface area contributed by atoms with Crippen LogP contribution in [0.4, 0.5) is 0 Å². The molecule has 0 aliphatic heterocycles. The summed E-state index contributed by atoms with van der Waals surface area (Å²) < 4.78 is 5.50. The van der Waals surface area contributed by atoms with E-state index in [-0.39, 0.29) is 25.1 Å². The third-order valence-corrected chi connectivity index (χ3v) is 4.54. The maximum absolute atomic E-state index is 9.95. The molecule has 122 valence electrons. The highest BCUT2D eigenvalue weighted by Gasteiger charge is 2.11. The highest BCUT2D eigenvalue weighted by atomic mass is 35.5. The second-order valence-corrected chi connectivity index (χ2v) is 6.51. The lowest BCUT2D eigenvalue weighted by Crippen LogP contribution is -2.32. The van der Waals surface area contributed by atoms with Gasteiger partial charge >= 0.3 is 0 Å². The maximum atomic E-state index is 9.95. The topological polar surface area (TPSA) is 41.5 Å². The number of aliphatic hydroxyl groups excluding tert-OH is 1. The molecule has 2 N–H and O–H groups in total. The van der Waals surface area contributed by atoms with Crippen LogP contribution in [0, 0.1) is 0 Å². The van der Waals surface area contributed by atoms with Crippen molar-refractivity contribution in [3.63, 3.8) is 0 Å². The third kappa shape index (κ3) is 5.95. The van der Waals surface area contributed by atoms with Crippen molar-refractivity contribution in [3.05, 3.63) is 50.6 Å². The summed E-state index contributed by atoms with van der Waals surface area (Å²) in [6, 6.07) is 9.30. The van der Waals surface area contributed by atoms with Gasteiger partial charge in [0, 0.05) is 22.5 Å². The number of ether oxygens (including phenoxy) is 1. The average Bonchev–Trinajstić information content (AvgIpc) is 2.98. The Balaban J connectivity index is 0.00000242. The van der Waals surface area contributed by atoms with Gasteiger partial charge in [-0.2, -0.15) is 0 Å². The minimum Gasteiger partial charge on any atom is -0.489 e. The first-order valence-corrected chi connectivity index (χ1v) is 8.22. The molecule has 0 aliphatic rings. The Morgan fingerprint density at radius 2 is 2.09 bits per heavy atom. The summed E-state index contributed by atoms with van der Waals surface area (Å²) in [4.78, 5) is 1.24. The van der Waals surface area contributed by atoms with Crippen LogP contribution in [-0.2, 0) is 0 Å².